The second-order valence-corrected chi connectivity index (χ2v) is 6.83. The first-order valence-electron chi connectivity index (χ1n) is 8.24. The summed E-state index contributed by atoms with van der Waals surface area (Å²) >= 11 is 6.28. The molecular formula is C19H19ClN3O+. The molecule has 2 aromatic rings. The van der Waals surface area contributed by atoms with Gasteiger partial charge in [-0.05, 0) is 34.6 Å². The van der Waals surface area contributed by atoms with Crippen molar-refractivity contribution in [2.24, 2.45) is 4.99 Å². The molecule has 0 aromatic heterocycles. The molecule has 0 saturated heterocycles. The molecule has 0 aliphatic carbocycles. The van der Waals surface area contributed by atoms with E-state index in [1.165, 1.54) is 0 Å². The summed E-state index contributed by atoms with van der Waals surface area (Å²) in [5.74, 6) is 0.687. The summed E-state index contributed by atoms with van der Waals surface area (Å²) in [7, 11) is 0. The number of halogens is 1. The maximum absolute atomic E-state index is 12.1. The van der Waals surface area contributed by atoms with Gasteiger partial charge >= 0.3 is 5.84 Å². The van der Waals surface area contributed by atoms with Crippen LogP contribution in [0.5, 0.6) is 0 Å². The lowest BCUT2D eigenvalue weighted by atomic mass is 9.88. The molecule has 4 rings (SSSR count). The van der Waals surface area contributed by atoms with Gasteiger partial charge in [0.1, 0.15) is 6.54 Å². The second kappa shape index (κ2) is 6.02. The fourth-order valence-electron chi connectivity index (χ4n) is 3.72. The maximum Gasteiger partial charge on any atom is 0.327 e. The molecule has 0 saturated carbocycles. The van der Waals surface area contributed by atoms with Crippen LogP contribution < -0.4 is 4.90 Å². The number of aliphatic imine (C=N–C) groups is 1. The average molecular weight is 341 g/mol. The van der Waals surface area contributed by atoms with Gasteiger partial charge in [0.05, 0.1) is 5.92 Å². The Morgan fingerprint density at radius 1 is 1.21 bits per heavy atom. The van der Waals surface area contributed by atoms with E-state index in [-0.39, 0.29) is 12.0 Å². The van der Waals surface area contributed by atoms with E-state index < -0.39 is 0 Å². The van der Waals surface area contributed by atoms with Crippen LogP contribution in [0.4, 0.5) is 11.4 Å². The van der Waals surface area contributed by atoms with Crippen LogP contribution in [-0.2, 0) is 0 Å². The third-order valence-corrected chi connectivity index (χ3v) is 5.17. The van der Waals surface area contributed by atoms with Crippen molar-refractivity contribution in [3.63, 3.8) is 0 Å². The highest BCUT2D eigenvalue weighted by Gasteiger charge is 2.41. The van der Waals surface area contributed by atoms with Crippen molar-refractivity contribution in [1.82, 2.24) is 0 Å². The predicted octanol–water partition coefficient (Wildman–Crippen LogP) is 4.54. The maximum atomic E-state index is 12.1. The number of amidine groups is 1. The summed E-state index contributed by atoms with van der Waals surface area (Å²) in [4.78, 5) is 19.1. The van der Waals surface area contributed by atoms with Crippen LogP contribution in [-0.4, -0.2) is 29.7 Å². The standard InChI is InChI=1S/C19H19ClN3O/c1-13-21-18-9-10-22(15-5-3-2-4-6-15)19-11-14(20)7-8-16(19)17(18)12-23(13)24/h2-8,11,17-18H,9-10,12H2,1H3/q+1. The summed E-state index contributed by atoms with van der Waals surface area (Å²) in [6.07, 6.45) is 0.914. The Labute approximate surface area is 146 Å². The van der Waals surface area contributed by atoms with Crippen LogP contribution in [0, 0.1) is 4.91 Å². The minimum absolute atomic E-state index is 0.104. The molecule has 2 atom stereocenters. The van der Waals surface area contributed by atoms with Crippen LogP contribution in [0.1, 0.15) is 24.8 Å². The van der Waals surface area contributed by atoms with Gasteiger partial charge in [-0.3, -0.25) is 0 Å². The Morgan fingerprint density at radius 3 is 2.79 bits per heavy atom. The highest BCUT2D eigenvalue weighted by atomic mass is 35.5. The lowest BCUT2D eigenvalue weighted by Gasteiger charge is -2.26. The molecule has 122 valence electrons. The van der Waals surface area contributed by atoms with Gasteiger partial charge in [-0.15, -0.1) is 0 Å². The molecule has 0 radical (unpaired) electrons. The van der Waals surface area contributed by atoms with Gasteiger partial charge in [0, 0.05) is 36.3 Å². The van der Waals surface area contributed by atoms with Crippen LogP contribution >= 0.6 is 11.6 Å². The topological polar surface area (TPSA) is 35.7 Å². The monoisotopic (exact) mass is 340 g/mol. The predicted molar refractivity (Wildman–Crippen MR) is 97.6 cm³/mol. The minimum Gasteiger partial charge on any atom is -0.341 e. The van der Waals surface area contributed by atoms with Gasteiger partial charge in [0.15, 0.2) is 6.04 Å². The molecule has 2 aliphatic heterocycles. The molecule has 0 bridgehead atoms. The smallest absolute Gasteiger partial charge is 0.327 e. The molecule has 0 amide bonds. The highest BCUT2D eigenvalue weighted by molar-refractivity contribution is 6.30. The Morgan fingerprint density at radius 2 is 2.00 bits per heavy atom. The summed E-state index contributed by atoms with van der Waals surface area (Å²) in [6.45, 7) is 3.11. The van der Waals surface area contributed by atoms with E-state index in [1.807, 2.05) is 30.3 Å². The Kier molecular flexibility index (Phi) is 3.85. The lowest BCUT2D eigenvalue weighted by Crippen LogP contribution is -2.35. The van der Waals surface area contributed by atoms with E-state index >= 15 is 0 Å². The van der Waals surface area contributed by atoms with Gasteiger partial charge in [0.25, 0.3) is 0 Å². The molecule has 2 aromatic carbocycles. The molecule has 0 spiro atoms. The van der Waals surface area contributed by atoms with E-state index in [1.54, 1.807) is 6.92 Å². The van der Waals surface area contributed by atoms with Crippen LogP contribution in [0.15, 0.2) is 53.5 Å². The number of hydrogen-bond donors (Lipinski definition) is 0. The summed E-state index contributed by atoms with van der Waals surface area (Å²) in [5.41, 5.74) is 3.38. The normalized spacial score (nSPS) is 23.2. The number of para-hydroxylation sites is 1. The summed E-state index contributed by atoms with van der Waals surface area (Å²) in [6, 6.07) is 16.4. The number of anilines is 2. The van der Waals surface area contributed by atoms with Gasteiger partial charge in [-0.2, -0.15) is 0 Å². The highest BCUT2D eigenvalue weighted by Crippen LogP contribution is 2.41. The number of fused-ring (bicyclic) bond motifs is 3. The number of hydrogen-bond acceptors (Lipinski definition) is 3. The molecule has 0 fully saturated rings. The number of nitroso groups, excluding NO2 is 1. The third kappa shape index (κ3) is 2.61. The number of rotatable bonds is 1. The quantitative estimate of drug-likeness (QED) is 0.714. The van der Waals surface area contributed by atoms with Crippen molar-refractivity contribution in [2.45, 2.75) is 25.3 Å². The van der Waals surface area contributed by atoms with Crippen molar-refractivity contribution in [3.05, 3.63) is 64.0 Å². The van der Waals surface area contributed by atoms with Crippen molar-refractivity contribution in [2.75, 3.05) is 18.0 Å². The zero-order chi connectivity index (χ0) is 16.7. The zero-order valence-corrected chi connectivity index (χ0v) is 14.3. The molecule has 5 heteroatoms. The first-order valence-corrected chi connectivity index (χ1v) is 8.62. The zero-order valence-electron chi connectivity index (χ0n) is 13.5. The fraction of sp³-hybridized carbons (Fsp3) is 0.316. The molecule has 2 unspecified atom stereocenters. The van der Waals surface area contributed by atoms with E-state index in [0.717, 1.165) is 34.7 Å². The van der Waals surface area contributed by atoms with Crippen LogP contribution in [0.3, 0.4) is 0 Å². The summed E-state index contributed by atoms with van der Waals surface area (Å²) in [5, 5.41) is 0.711. The fourth-order valence-corrected chi connectivity index (χ4v) is 3.89. The second-order valence-electron chi connectivity index (χ2n) is 6.39. The first-order chi connectivity index (χ1) is 11.6. The molecule has 0 N–H and O–H groups in total. The molecular weight excluding hydrogens is 322 g/mol. The SMILES string of the molecule is CC1=NC2CCN(c3ccccc3)c3cc(Cl)ccc3C2C[N+]1=O. The molecule has 2 heterocycles. The van der Waals surface area contributed by atoms with Crippen molar-refractivity contribution in [1.29, 1.82) is 0 Å². The van der Waals surface area contributed by atoms with Gasteiger partial charge < -0.3 is 4.90 Å². The molecule has 4 nitrogen and oxygen atoms in total. The number of benzene rings is 2. The minimum atomic E-state index is 0.104. The van der Waals surface area contributed by atoms with Gasteiger partial charge in [-0.25, -0.2) is 0 Å². The van der Waals surface area contributed by atoms with E-state index in [9.17, 15) is 4.91 Å². The van der Waals surface area contributed by atoms with Crippen molar-refractivity contribution >= 4 is 28.8 Å². The van der Waals surface area contributed by atoms with Crippen LogP contribution in [0.2, 0.25) is 5.02 Å². The van der Waals surface area contributed by atoms with Gasteiger partial charge in [0.2, 0.25) is 0 Å². The largest absolute Gasteiger partial charge is 0.341 e. The van der Waals surface area contributed by atoms with Crippen LogP contribution in [0.25, 0.3) is 0 Å². The van der Waals surface area contributed by atoms with Gasteiger partial charge in [-0.1, -0.05) is 45.8 Å². The third-order valence-electron chi connectivity index (χ3n) is 4.94. The summed E-state index contributed by atoms with van der Waals surface area (Å²) < 4.78 is 1.01. The molecule has 2 aliphatic rings. The van der Waals surface area contributed by atoms with E-state index in [2.05, 4.69) is 28.1 Å². The van der Waals surface area contributed by atoms with E-state index in [0.29, 0.717) is 17.4 Å². The Hall–Kier alpha value is -2.20. The Balaban J connectivity index is 1.86. The van der Waals surface area contributed by atoms with Crippen molar-refractivity contribution < 1.29 is 4.76 Å². The average Bonchev–Trinajstić information content (AvgIpc) is 2.73. The Bertz CT molecular complexity index is 819. The van der Waals surface area contributed by atoms with Crippen molar-refractivity contribution in [3.8, 4) is 0 Å². The first kappa shape index (κ1) is 15.3. The molecule has 24 heavy (non-hydrogen) atoms. The number of nitrogens with zero attached hydrogens (tertiary/aromatic N) is 3. The van der Waals surface area contributed by atoms with E-state index in [4.69, 9.17) is 11.6 Å². The lowest BCUT2D eigenvalue weighted by molar-refractivity contribution is -0.442.